The minimum absolute atomic E-state index is 0.193. The lowest BCUT2D eigenvalue weighted by atomic mass is 10.0. The van der Waals surface area contributed by atoms with Crippen LogP contribution in [0.4, 0.5) is 10.1 Å². The van der Waals surface area contributed by atoms with Crippen molar-refractivity contribution >= 4 is 16.6 Å². The second kappa shape index (κ2) is 8.48. The van der Waals surface area contributed by atoms with E-state index in [1.807, 2.05) is 12.1 Å². The number of benzene rings is 2. The van der Waals surface area contributed by atoms with Gasteiger partial charge < -0.3 is 10.2 Å². The van der Waals surface area contributed by atoms with Gasteiger partial charge in [0.25, 0.3) is 0 Å². The van der Waals surface area contributed by atoms with Crippen molar-refractivity contribution < 1.29 is 4.39 Å². The van der Waals surface area contributed by atoms with Crippen LogP contribution in [0, 0.1) is 5.82 Å². The molecule has 2 aliphatic rings. The van der Waals surface area contributed by atoms with Crippen molar-refractivity contribution in [1.29, 1.82) is 0 Å². The summed E-state index contributed by atoms with van der Waals surface area (Å²) in [5.41, 5.74) is 6.48. The van der Waals surface area contributed by atoms with Gasteiger partial charge in [-0.25, -0.2) is 4.39 Å². The molecular formula is C27H26FN3. The molecule has 2 aromatic carbocycles. The zero-order chi connectivity index (χ0) is 21.2. The predicted molar refractivity (Wildman–Crippen MR) is 125 cm³/mol. The van der Waals surface area contributed by atoms with Crippen LogP contribution in [-0.2, 0) is 13.0 Å². The third-order valence-corrected chi connectivity index (χ3v) is 5.87. The van der Waals surface area contributed by atoms with Crippen LogP contribution in [0.5, 0.6) is 0 Å². The summed E-state index contributed by atoms with van der Waals surface area (Å²) in [4.78, 5) is 6.89. The van der Waals surface area contributed by atoms with Gasteiger partial charge in [0.05, 0.1) is 11.2 Å². The molecule has 2 heterocycles. The molecule has 0 atom stereocenters. The molecule has 1 fully saturated rings. The normalized spacial score (nSPS) is 16.1. The van der Waals surface area contributed by atoms with Crippen molar-refractivity contribution in [3.8, 4) is 0 Å². The summed E-state index contributed by atoms with van der Waals surface area (Å²) in [5.74, 6) is -0.193. The van der Waals surface area contributed by atoms with Crippen LogP contribution in [0.15, 0.2) is 90.8 Å². The van der Waals surface area contributed by atoms with E-state index in [4.69, 9.17) is 4.98 Å². The molecule has 1 aromatic heterocycles. The van der Waals surface area contributed by atoms with E-state index >= 15 is 0 Å². The van der Waals surface area contributed by atoms with Crippen molar-refractivity contribution in [3.05, 3.63) is 108 Å². The summed E-state index contributed by atoms with van der Waals surface area (Å²) in [6, 6.07) is 18.0. The summed E-state index contributed by atoms with van der Waals surface area (Å²) in [7, 11) is 0. The Kier molecular flexibility index (Phi) is 5.39. The number of rotatable bonds is 7. The maximum Gasteiger partial charge on any atom is 0.123 e. The summed E-state index contributed by atoms with van der Waals surface area (Å²) in [5, 5.41) is 4.64. The number of nitrogens with zero attached hydrogens (tertiary/aromatic N) is 2. The van der Waals surface area contributed by atoms with E-state index in [0.717, 1.165) is 52.9 Å². The lowest BCUT2D eigenvalue weighted by Gasteiger charge is -2.25. The van der Waals surface area contributed by atoms with Gasteiger partial charge in [-0.3, -0.25) is 4.98 Å². The van der Waals surface area contributed by atoms with Gasteiger partial charge >= 0.3 is 0 Å². The molecule has 4 heteroatoms. The fourth-order valence-electron chi connectivity index (χ4n) is 3.88. The first kappa shape index (κ1) is 19.7. The number of aromatic nitrogens is 1. The average Bonchev–Trinajstić information content (AvgIpc) is 3.62. The highest BCUT2D eigenvalue weighted by atomic mass is 19.1. The highest BCUT2D eigenvalue weighted by molar-refractivity contribution is 5.83. The first-order valence-corrected chi connectivity index (χ1v) is 10.9. The smallest absolute Gasteiger partial charge is 0.123 e. The lowest BCUT2D eigenvalue weighted by Crippen LogP contribution is -2.17. The summed E-state index contributed by atoms with van der Waals surface area (Å²) < 4.78 is 13.1. The Morgan fingerprint density at radius 3 is 2.65 bits per heavy atom. The average molecular weight is 412 g/mol. The van der Waals surface area contributed by atoms with E-state index in [0.29, 0.717) is 6.04 Å². The molecule has 1 aliphatic heterocycles. The molecule has 0 unspecified atom stereocenters. The Balaban J connectivity index is 1.25. The van der Waals surface area contributed by atoms with Crippen LogP contribution in [-0.4, -0.2) is 11.0 Å². The van der Waals surface area contributed by atoms with E-state index in [-0.39, 0.29) is 5.82 Å². The second-order valence-corrected chi connectivity index (χ2v) is 8.36. The number of pyridine rings is 1. The third kappa shape index (κ3) is 4.75. The maximum atomic E-state index is 13.1. The summed E-state index contributed by atoms with van der Waals surface area (Å²) in [6.07, 6.45) is 10.7. The Morgan fingerprint density at radius 2 is 1.87 bits per heavy atom. The second-order valence-electron chi connectivity index (χ2n) is 8.36. The fourth-order valence-corrected chi connectivity index (χ4v) is 3.88. The number of nitrogens with one attached hydrogen (secondary N) is 1. The molecular weight excluding hydrogens is 385 g/mol. The van der Waals surface area contributed by atoms with Crippen molar-refractivity contribution in [2.24, 2.45) is 0 Å². The number of aryl methyl sites for hydroxylation is 1. The topological polar surface area (TPSA) is 28.2 Å². The molecule has 156 valence electrons. The number of halogens is 1. The van der Waals surface area contributed by atoms with E-state index in [2.05, 4.69) is 65.5 Å². The van der Waals surface area contributed by atoms with E-state index < -0.39 is 0 Å². The predicted octanol–water partition coefficient (Wildman–Crippen LogP) is 6.03. The molecule has 1 saturated carbocycles. The van der Waals surface area contributed by atoms with Crippen molar-refractivity contribution in [2.45, 2.75) is 38.3 Å². The molecule has 3 nitrogen and oxygen atoms in total. The maximum absolute atomic E-state index is 13.1. The molecule has 1 aliphatic carbocycles. The monoisotopic (exact) mass is 411 g/mol. The fraction of sp³-hybridized carbons (Fsp3) is 0.222. The number of anilines is 1. The summed E-state index contributed by atoms with van der Waals surface area (Å²) >= 11 is 0. The molecule has 0 bridgehead atoms. The molecule has 0 saturated heterocycles. The Labute approximate surface area is 182 Å². The molecule has 0 spiro atoms. The van der Waals surface area contributed by atoms with Crippen molar-refractivity contribution in [1.82, 2.24) is 10.3 Å². The first-order chi connectivity index (χ1) is 15.1. The van der Waals surface area contributed by atoms with Gasteiger partial charge in [0.15, 0.2) is 0 Å². The highest BCUT2D eigenvalue weighted by Crippen LogP contribution is 2.29. The Bertz CT molecular complexity index is 1170. The lowest BCUT2D eigenvalue weighted by molar-refractivity contribution is 0.627. The summed E-state index contributed by atoms with van der Waals surface area (Å²) in [6.45, 7) is 5.09. The van der Waals surface area contributed by atoms with Gasteiger partial charge in [-0.2, -0.15) is 0 Å². The van der Waals surface area contributed by atoms with Crippen LogP contribution in [0.2, 0.25) is 0 Å². The molecule has 31 heavy (non-hydrogen) atoms. The molecule has 5 rings (SSSR count). The Morgan fingerprint density at radius 1 is 1.03 bits per heavy atom. The first-order valence-electron chi connectivity index (χ1n) is 10.9. The number of hydrogen-bond donors (Lipinski definition) is 1. The van der Waals surface area contributed by atoms with E-state index in [1.54, 1.807) is 0 Å². The number of hydrogen-bond acceptors (Lipinski definition) is 3. The highest BCUT2D eigenvalue weighted by Gasteiger charge is 2.20. The van der Waals surface area contributed by atoms with Gasteiger partial charge in [0.2, 0.25) is 0 Å². The molecule has 3 aromatic rings. The standard InChI is InChI=1S/C27H26FN3/c1-19-16-21(3-2-20-4-7-23(28)8-5-20)14-15-31(19)26-12-13-27-22(17-26)6-9-25(30-27)18-29-24-10-11-24/h4-9,12-17,24,29H,1-3,10-11,18H2. The van der Waals surface area contributed by atoms with Gasteiger partial charge in [-0.15, -0.1) is 0 Å². The largest absolute Gasteiger partial charge is 0.318 e. The zero-order valence-electron chi connectivity index (χ0n) is 17.5. The van der Waals surface area contributed by atoms with Crippen LogP contribution >= 0.6 is 0 Å². The SMILES string of the molecule is C=C1C=C(CCc2ccc(F)cc2)C=CN1c1ccc2nc(CNC3CC3)ccc2c1. The van der Waals surface area contributed by atoms with Gasteiger partial charge in [-0.05, 0) is 85.4 Å². The van der Waals surface area contributed by atoms with Crippen molar-refractivity contribution in [3.63, 3.8) is 0 Å². The number of allylic oxidation sites excluding steroid dienone is 3. The van der Waals surface area contributed by atoms with E-state index in [9.17, 15) is 4.39 Å². The van der Waals surface area contributed by atoms with Gasteiger partial charge in [-0.1, -0.05) is 24.8 Å². The minimum Gasteiger partial charge on any atom is -0.318 e. The van der Waals surface area contributed by atoms with Crippen molar-refractivity contribution in [2.75, 3.05) is 4.90 Å². The quantitative estimate of drug-likeness (QED) is 0.514. The van der Waals surface area contributed by atoms with Gasteiger partial charge in [0.1, 0.15) is 5.82 Å². The van der Waals surface area contributed by atoms with Crippen LogP contribution < -0.4 is 10.2 Å². The van der Waals surface area contributed by atoms with Crippen LogP contribution in [0.3, 0.4) is 0 Å². The molecule has 0 amide bonds. The van der Waals surface area contributed by atoms with E-state index in [1.165, 1.54) is 30.5 Å². The van der Waals surface area contributed by atoms with Crippen LogP contribution in [0.1, 0.15) is 30.5 Å². The van der Waals surface area contributed by atoms with Crippen LogP contribution in [0.25, 0.3) is 10.9 Å². The third-order valence-electron chi connectivity index (χ3n) is 5.87. The minimum atomic E-state index is -0.193. The van der Waals surface area contributed by atoms with Gasteiger partial charge in [0, 0.05) is 35.6 Å². The number of fused-ring (bicyclic) bond motifs is 1. The molecule has 1 N–H and O–H groups in total. The Hall–Kier alpha value is -3.24. The zero-order valence-corrected chi connectivity index (χ0v) is 17.5. The molecule has 0 radical (unpaired) electrons.